The maximum Gasteiger partial charge on any atom is 0.257 e. The zero-order valence-corrected chi connectivity index (χ0v) is 16.2. The van der Waals surface area contributed by atoms with Crippen LogP contribution in [0, 0.1) is 6.92 Å². The number of amides is 2. The molecule has 28 heavy (non-hydrogen) atoms. The smallest absolute Gasteiger partial charge is 0.257 e. The van der Waals surface area contributed by atoms with Crippen LogP contribution < -0.4 is 10.6 Å². The standard InChI is InChI=1S/C23H23N3O2/c1-15(2)20-9-4-5-10-21(20)26-23(28)18-12-17(13-24-14-18)22(27)25-19-8-6-7-16(3)11-19/h4-15H,1-3H3,(H,25,27)(H,26,28). The SMILES string of the molecule is Cc1cccc(NC(=O)c2cncc(C(=O)Nc3ccccc3C(C)C)c2)c1. The number of aromatic nitrogens is 1. The van der Waals surface area contributed by atoms with E-state index in [1.54, 1.807) is 6.07 Å². The van der Waals surface area contributed by atoms with Crippen LogP contribution in [0.25, 0.3) is 0 Å². The third-order valence-corrected chi connectivity index (χ3v) is 4.37. The first-order valence-electron chi connectivity index (χ1n) is 9.17. The number of carbonyl (C=O) groups excluding carboxylic acids is 2. The summed E-state index contributed by atoms with van der Waals surface area (Å²) in [6.07, 6.45) is 2.90. The van der Waals surface area contributed by atoms with Gasteiger partial charge in [-0.05, 0) is 48.2 Å². The largest absolute Gasteiger partial charge is 0.322 e. The van der Waals surface area contributed by atoms with Crippen LogP contribution in [0.4, 0.5) is 11.4 Å². The van der Waals surface area contributed by atoms with Crippen molar-refractivity contribution < 1.29 is 9.59 Å². The number of para-hydroxylation sites is 1. The molecule has 142 valence electrons. The quantitative estimate of drug-likeness (QED) is 0.660. The summed E-state index contributed by atoms with van der Waals surface area (Å²) >= 11 is 0. The Labute approximate surface area is 164 Å². The second-order valence-corrected chi connectivity index (χ2v) is 6.98. The second kappa shape index (κ2) is 8.48. The molecule has 0 unspecified atom stereocenters. The molecule has 1 aromatic heterocycles. The Bertz CT molecular complexity index is 1010. The molecule has 1 heterocycles. The Kier molecular flexibility index (Phi) is 5.84. The van der Waals surface area contributed by atoms with E-state index >= 15 is 0 Å². The normalized spacial score (nSPS) is 10.6. The highest BCUT2D eigenvalue weighted by Crippen LogP contribution is 2.24. The maximum absolute atomic E-state index is 12.7. The average Bonchev–Trinajstić information content (AvgIpc) is 2.68. The molecular weight excluding hydrogens is 350 g/mol. The van der Waals surface area contributed by atoms with Gasteiger partial charge in [-0.3, -0.25) is 14.6 Å². The minimum absolute atomic E-state index is 0.279. The van der Waals surface area contributed by atoms with E-state index in [0.717, 1.165) is 16.8 Å². The van der Waals surface area contributed by atoms with Crippen LogP contribution >= 0.6 is 0 Å². The van der Waals surface area contributed by atoms with E-state index in [4.69, 9.17) is 0 Å². The fraction of sp³-hybridized carbons (Fsp3) is 0.174. The van der Waals surface area contributed by atoms with E-state index in [2.05, 4.69) is 29.5 Å². The zero-order valence-electron chi connectivity index (χ0n) is 16.2. The van der Waals surface area contributed by atoms with Gasteiger partial charge in [-0.2, -0.15) is 0 Å². The summed E-state index contributed by atoms with van der Waals surface area (Å²) in [4.78, 5) is 29.3. The summed E-state index contributed by atoms with van der Waals surface area (Å²) in [6.45, 7) is 6.10. The van der Waals surface area contributed by atoms with E-state index in [-0.39, 0.29) is 17.7 Å². The van der Waals surface area contributed by atoms with Gasteiger partial charge in [-0.15, -0.1) is 0 Å². The molecule has 0 aliphatic carbocycles. The van der Waals surface area contributed by atoms with Crippen molar-refractivity contribution in [2.45, 2.75) is 26.7 Å². The van der Waals surface area contributed by atoms with E-state index in [0.29, 0.717) is 16.8 Å². The van der Waals surface area contributed by atoms with Crippen molar-refractivity contribution in [3.8, 4) is 0 Å². The van der Waals surface area contributed by atoms with Crippen molar-refractivity contribution in [1.82, 2.24) is 4.98 Å². The van der Waals surface area contributed by atoms with Gasteiger partial charge in [0.15, 0.2) is 0 Å². The van der Waals surface area contributed by atoms with Gasteiger partial charge in [-0.1, -0.05) is 44.2 Å². The molecule has 0 saturated carbocycles. The number of benzene rings is 2. The van der Waals surface area contributed by atoms with Crippen molar-refractivity contribution in [3.63, 3.8) is 0 Å². The van der Waals surface area contributed by atoms with E-state index in [9.17, 15) is 9.59 Å². The lowest BCUT2D eigenvalue weighted by Crippen LogP contribution is -2.17. The maximum atomic E-state index is 12.7. The van der Waals surface area contributed by atoms with E-state index < -0.39 is 0 Å². The minimum Gasteiger partial charge on any atom is -0.322 e. The molecule has 3 aromatic rings. The fourth-order valence-electron chi connectivity index (χ4n) is 2.92. The van der Waals surface area contributed by atoms with Crippen molar-refractivity contribution in [1.29, 1.82) is 0 Å². The molecule has 0 fully saturated rings. The van der Waals surface area contributed by atoms with Gasteiger partial charge < -0.3 is 10.6 Å². The molecule has 0 bridgehead atoms. The number of anilines is 2. The molecule has 0 aliphatic rings. The number of aryl methyl sites for hydroxylation is 1. The van der Waals surface area contributed by atoms with Crippen molar-refractivity contribution in [3.05, 3.63) is 89.2 Å². The van der Waals surface area contributed by atoms with Gasteiger partial charge in [0.2, 0.25) is 0 Å². The molecule has 5 heteroatoms. The van der Waals surface area contributed by atoms with Gasteiger partial charge in [-0.25, -0.2) is 0 Å². The molecule has 0 saturated heterocycles. The Hall–Kier alpha value is -3.47. The van der Waals surface area contributed by atoms with E-state index in [1.165, 1.54) is 12.4 Å². The minimum atomic E-state index is -0.310. The first-order chi connectivity index (χ1) is 13.4. The number of nitrogens with one attached hydrogen (secondary N) is 2. The Morgan fingerprint density at radius 2 is 1.54 bits per heavy atom. The third-order valence-electron chi connectivity index (χ3n) is 4.37. The average molecular weight is 373 g/mol. The predicted octanol–water partition coefficient (Wildman–Crippen LogP) is 5.02. The summed E-state index contributed by atoms with van der Waals surface area (Å²) in [5, 5.41) is 5.75. The lowest BCUT2D eigenvalue weighted by molar-refractivity contribution is 0.102. The molecule has 2 N–H and O–H groups in total. The van der Waals surface area contributed by atoms with Crippen LogP contribution in [0.1, 0.15) is 51.6 Å². The highest BCUT2D eigenvalue weighted by atomic mass is 16.2. The van der Waals surface area contributed by atoms with Crippen LogP contribution in [0.15, 0.2) is 67.0 Å². The summed E-state index contributed by atoms with van der Waals surface area (Å²) in [5.74, 6) is -0.331. The van der Waals surface area contributed by atoms with Gasteiger partial charge in [0.1, 0.15) is 0 Å². The van der Waals surface area contributed by atoms with Crippen LogP contribution in [0.5, 0.6) is 0 Å². The van der Waals surface area contributed by atoms with Crippen LogP contribution in [-0.2, 0) is 0 Å². The molecule has 2 amide bonds. The lowest BCUT2D eigenvalue weighted by Gasteiger charge is -2.13. The predicted molar refractivity (Wildman–Crippen MR) is 112 cm³/mol. The highest BCUT2D eigenvalue weighted by molar-refractivity contribution is 6.08. The number of hydrogen-bond acceptors (Lipinski definition) is 3. The van der Waals surface area contributed by atoms with Crippen molar-refractivity contribution >= 4 is 23.2 Å². The first-order valence-corrected chi connectivity index (χ1v) is 9.17. The van der Waals surface area contributed by atoms with Crippen molar-refractivity contribution in [2.24, 2.45) is 0 Å². The molecular formula is C23H23N3O2. The summed E-state index contributed by atoms with van der Waals surface area (Å²) in [6, 6.07) is 16.8. The number of pyridine rings is 1. The van der Waals surface area contributed by atoms with Gasteiger partial charge in [0, 0.05) is 23.8 Å². The monoisotopic (exact) mass is 373 g/mol. The summed E-state index contributed by atoms with van der Waals surface area (Å²) in [5.41, 5.74) is 4.22. The molecule has 0 atom stereocenters. The molecule has 0 radical (unpaired) electrons. The number of hydrogen-bond donors (Lipinski definition) is 2. The second-order valence-electron chi connectivity index (χ2n) is 6.98. The van der Waals surface area contributed by atoms with Crippen LogP contribution in [0.3, 0.4) is 0 Å². The van der Waals surface area contributed by atoms with Crippen molar-refractivity contribution in [2.75, 3.05) is 10.6 Å². The van der Waals surface area contributed by atoms with Crippen LogP contribution in [-0.4, -0.2) is 16.8 Å². The molecule has 2 aromatic carbocycles. The highest BCUT2D eigenvalue weighted by Gasteiger charge is 2.14. The molecule has 5 nitrogen and oxygen atoms in total. The lowest BCUT2D eigenvalue weighted by atomic mass is 10.0. The Morgan fingerprint density at radius 1 is 0.857 bits per heavy atom. The number of carbonyl (C=O) groups is 2. The Balaban J connectivity index is 1.77. The molecule has 3 rings (SSSR count). The fourth-order valence-corrected chi connectivity index (χ4v) is 2.92. The van der Waals surface area contributed by atoms with Gasteiger partial charge in [0.25, 0.3) is 11.8 Å². The zero-order chi connectivity index (χ0) is 20.1. The Morgan fingerprint density at radius 3 is 2.21 bits per heavy atom. The summed E-state index contributed by atoms with van der Waals surface area (Å²) in [7, 11) is 0. The topological polar surface area (TPSA) is 71.1 Å². The van der Waals surface area contributed by atoms with E-state index in [1.807, 2.05) is 55.5 Å². The third kappa shape index (κ3) is 4.62. The van der Waals surface area contributed by atoms with Crippen LogP contribution in [0.2, 0.25) is 0 Å². The van der Waals surface area contributed by atoms with Gasteiger partial charge >= 0.3 is 0 Å². The number of nitrogens with zero attached hydrogens (tertiary/aromatic N) is 1. The molecule has 0 aliphatic heterocycles. The first kappa shape index (κ1) is 19.3. The number of rotatable bonds is 5. The summed E-state index contributed by atoms with van der Waals surface area (Å²) < 4.78 is 0. The molecule has 0 spiro atoms. The van der Waals surface area contributed by atoms with Gasteiger partial charge in [0.05, 0.1) is 11.1 Å².